The number of amides is 2. The van der Waals surface area contributed by atoms with E-state index in [0.29, 0.717) is 76.0 Å². The van der Waals surface area contributed by atoms with Gasteiger partial charge in [-0.25, -0.2) is 95.4 Å². The Morgan fingerprint density at radius 3 is 1.14 bits per heavy atom. The second-order valence-electron chi connectivity index (χ2n) is 30.9. The third kappa shape index (κ3) is 31.2. The highest BCUT2D eigenvalue weighted by molar-refractivity contribution is 9.11. The maximum atomic E-state index is 13.4. The van der Waals surface area contributed by atoms with Crippen molar-refractivity contribution in [3.05, 3.63) is 172 Å². The number of anilines is 3. The third-order valence-electron chi connectivity index (χ3n) is 19.9. The highest BCUT2D eigenvalue weighted by Gasteiger charge is 2.45. The summed E-state index contributed by atoms with van der Waals surface area (Å²) < 4.78 is 202. The van der Waals surface area contributed by atoms with Gasteiger partial charge >= 0.3 is 6.03 Å². The van der Waals surface area contributed by atoms with Crippen LogP contribution in [0.2, 0.25) is 0 Å². The van der Waals surface area contributed by atoms with Crippen molar-refractivity contribution in [3.8, 4) is 0 Å². The molecule has 5 aromatic heterocycles. The molecule has 24 N–H and O–H groups in total. The first-order valence-corrected chi connectivity index (χ1v) is 51.3. The number of benzene rings is 5. The van der Waals surface area contributed by atoms with E-state index in [9.17, 15) is 96.7 Å². The molecular weight excluding hydrogens is 2270 g/mol. The highest BCUT2D eigenvalue weighted by Crippen LogP contribution is 2.35. The number of likely N-dealkylation sites (tertiary alicyclic amines) is 1. The van der Waals surface area contributed by atoms with Crippen LogP contribution in [0.15, 0.2) is 167 Å². The number of nitrogens with one attached hydrogen (secondary N) is 9. The maximum absolute atomic E-state index is 13.4. The smallest absolute Gasteiger partial charge is 0.317 e. The van der Waals surface area contributed by atoms with Crippen LogP contribution in [0, 0.1) is 53.8 Å². The molecule has 141 heavy (non-hydrogen) atoms. The minimum absolute atomic E-state index is 0.000576. The molecule has 0 aliphatic carbocycles. The number of aromatic nitrogens is 10. The first-order valence-electron chi connectivity index (χ1n) is 41.2. The first-order chi connectivity index (χ1) is 67.4. The quantitative estimate of drug-likeness (QED) is 0.00919. The lowest BCUT2D eigenvalue weighted by atomic mass is 9.94. The topological polar surface area (TPSA) is 780 Å². The normalized spacial score (nSPS) is 17.4. The van der Waals surface area contributed by atoms with Crippen molar-refractivity contribution >= 4 is 209 Å². The van der Waals surface area contributed by atoms with Crippen LogP contribution in [0.25, 0.3) is 0 Å². The van der Waals surface area contributed by atoms with Gasteiger partial charge in [-0.1, -0.05) is 0 Å². The number of carbonyl (C=O) groups excluding carboxylic acids is 1. The van der Waals surface area contributed by atoms with Gasteiger partial charge in [-0.05, 0) is 257 Å². The Bertz CT molecular complexity index is 6820. The zero-order chi connectivity index (χ0) is 104. The molecule has 5 aromatic carbocycles. The zero-order valence-electron chi connectivity index (χ0n) is 74.7. The molecule has 15 rings (SSSR count). The summed E-state index contributed by atoms with van der Waals surface area (Å²) in [5.41, 5.74) is 9.22. The summed E-state index contributed by atoms with van der Waals surface area (Å²) in [6.07, 6.45) is 0.901. The van der Waals surface area contributed by atoms with E-state index in [2.05, 4.69) is 171 Å². The summed E-state index contributed by atoms with van der Waals surface area (Å²) in [5.74, 6) is -2.00. The predicted octanol–water partition coefficient (Wildman–Crippen LogP) is 4.71. The fourth-order valence-corrected chi connectivity index (χ4v) is 19.2. The first kappa shape index (κ1) is 108. The lowest BCUT2D eigenvalue weighted by Gasteiger charge is -2.46. The number of hydrogen-bond acceptors (Lipinski definition) is 41. The number of carbonyl (C=O) groups is 1. The fourth-order valence-electron chi connectivity index (χ4n) is 12.5. The van der Waals surface area contributed by atoms with E-state index < -0.39 is 93.5 Å². The fraction of sp³-hybridized carbons (Fsp3) is 0.361. The number of thioether (sulfide) groups is 2. The number of aliphatic hydroxyl groups is 2. The SMILES string of the molecule is CC(C)NC(=O)N1CC(O)(CNc2nonc2C(=Nc2ccc(F)c(Br)c2)NO)C1.Cc1cc(N=C(NO)c2nonc2NCC2(O)CCN(S(N)(=O)=O)C2)ccc1F.NS(=O)(=O)N1CC(CCSc2nonc2C(=Nc2ccc(F)c(Br)c2)NO)C1.NS(=O)(=O)N1CC(CSc2nonc2C(=Nc2ccc(F)c(Br)c2)NO)C1.[2H]C([2H])(Nc1nonc1C(=Nc1ccc(F)c(Br)c1)NO)C1CN(S(N)(=O)=O)C1. The summed E-state index contributed by atoms with van der Waals surface area (Å²) in [4.78, 5) is 34.1. The van der Waals surface area contributed by atoms with Gasteiger partial charge in [0.2, 0.25) is 17.5 Å². The number of nitrogens with two attached hydrogens (primary N) is 4. The molecule has 2 amide bonds. The van der Waals surface area contributed by atoms with Gasteiger partial charge in [-0.2, -0.15) is 50.9 Å². The van der Waals surface area contributed by atoms with Gasteiger partial charge in [0.25, 0.3) is 40.8 Å². The van der Waals surface area contributed by atoms with E-state index in [-0.39, 0.29) is 181 Å². The van der Waals surface area contributed by atoms with Gasteiger partial charge in [-0.15, -0.1) is 23.5 Å². The van der Waals surface area contributed by atoms with Crippen LogP contribution in [0.4, 0.5) is 72.6 Å². The van der Waals surface area contributed by atoms with E-state index >= 15 is 0 Å². The number of hydroxylamine groups is 5. The molecule has 10 aromatic rings. The second-order valence-corrected chi connectivity index (χ2v) is 42.6. The van der Waals surface area contributed by atoms with Crippen LogP contribution in [-0.4, -0.2) is 293 Å². The van der Waals surface area contributed by atoms with E-state index in [1.165, 1.54) is 122 Å². The molecule has 0 saturated carbocycles. The molecule has 0 spiro atoms. The van der Waals surface area contributed by atoms with E-state index in [1.54, 1.807) is 6.92 Å². The molecule has 5 aliphatic rings. The van der Waals surface area contributed by atoms with Crippen LogP contribution >= 0.6 is 87.2 Å². The number of hydrogen-bond donors (Lipinski definition) is 20. The molecular formula is C72H86Br4F5N33O21S6. The minimum Gasteiger partial charge on any atom is -0.387 e. The van der Waals surface area contributed by atoms with Crippen molar-refractivity contribution in [1.82, 2.24) is 106 Å². The number of nitrogens with zero attached hydrogens (tertiary/aromatic N) is 20. The third-order valence-corrected chi connectivity index (χ3v) is 28.6. The molecule has 5 saturated heterocycles. The van der Waals surface area contributed by atoms with Crippen LogP contribution < -0.4 is 69.2 Å². The Morgan fingerprint density at radius 1 is 0.461 bits per heavy atom. The number of β-amino-alcohol motifs (C(OH)–C–C–N with tert-alkyl or cyclic N) is 2. The van der Waals surface area contributed by atoms with Gasteiger partial charge in [0.1, 0.15) is 34.7 Å². The standard InChI is InChI=1S/C17H21BrFN7O4.C15H20FN7O5S.C14H16BrFN6O4S2.C13H15BrFN7O4S.C13H14BrFN6O4S2/c1-9(2)21-16(27)26-7-17(28,8-26)6-20-14-13(24-30-25-14)15(23-29)22-10-3-4-12(19)11(18)5-10;1-9-6-10(2-3-11(9)16)19-14(20-25)12-13(22-28-21-12)18-7-15(24)4-5-23(8-15)29(17,26)27;15-10-5-9(1-2-11(10)16)18-13(19-23)12-14(21-26-20-12)27-4-3-8-6-22(7-8)28(17,24)25;14-9-3-8(1-2-10(9)15)18-13(19-23)11-12(21-26-20-11)17-4-7-5-22(6-7)27(16,24)25;14-9-3-8(1-2-10(9)15)17-12(18-22)11-13(20-25-19-11)26-6-7-4-21(5-7)27(16,23)24/h3-5,9,28-29H,6-8H2,1-2H3,(H,20,25)(H,21,27)(H,22,23);2-3,6,24-25H,4-5,7-8H2,1H3,(H,18,22)(H,19,20)(H2,17,26,27);1-2,5,8,23H,3-4,6-7H2,(H,18,19)(H2,17,24,25);1-3,7,23H,4-6H2,(H,17,21)(H,18,19)(H2,16,24,25);1-3,7,22H,4-6H2,(H,17,18)(H2,16,23,24)/i;;;4D2;. The number of rotatable bonds is 31. The van der Waals surface area contributed by atoms with Crippen molar-refractivity contribution in [2.75, 3.05) is 112 Å². The van der Waals surface area contributed by atoms with Gasteiger partial charge in [-0.3, -0.25) is 53.4 Å². The van der Waals surface area contributed by atoms with E-state index in [0.717, 1.165) is 21.1 Å². The predicted molar refractivity (Wildman–Crippen MR) is 505 cm³/mol. The summed E-state index contributed by atoms with van der Waals surface area (Å²) in [6.45, 7) is 4.51. The van der Waals surface area contributed by atoms with Gasteiger partial charge < -0.3 is 36.4 Å². The molecule has 5 aliphatic heterocycles. The van der Waals surface area contributed by atoms with Crippen molar-refractivity contribution in [1.29, 1.82) is 0 Å². The lowest BCUT2D eigenvalue weighted by Crippen LogP contribution is -2.68. The Morgan fingerprint density at radius 2 is 0.787 bits per heavy atom. The molecule has 69 heteroatoms. The summed E-state index contributed by atoms with van der Waals surface area (Å²) in [5, 5.41) is 137. The molecule has 0 bridgehead atoms. The maximum Gasteiger partial charge on any atom is 0.317 e. The average Bonchev–Trinajstić information content (AvgIpc) is 1.49. The van der Waals surface area contributed by atoms with Crippen molar-refractivity contribution in [2.24, 2.45) is 63.3 Å². The zero-order valence-corrected chi connectivity index (χ0v) is 84.0. The summed E-state index contributed by atoms with van der Waals surface area (Å²) >= 11 is 14.8. The summed E-state index contributed by atoms with van der Waals surface area (Å²) in [7, 11) is -15.1. The second kappa shape index (κ2) is 49.0. The highest BCUT2D eigenvalue weighted by atomic mass is 79.9. The molecule has 1 atom stereocenters. The largest absolute Gasteiger partial charge is 0.387 e. The van der Waals surface area contributed by atoms with Crippen molar-refractivity contribution in [2.45, 2.75) is 60.9 Å². The van der Waals surface area contributed by atoms with Gasteiger partial charge in [0, 0.05) is 98.2 Å². The van der Waals surface area contributed by atoms with Gasteiger partial charge in [0.15, 0.2) is 67.7 Å². The van der Waals surface area contributed by atoms with Crippen molar-refractivity contribution in [3.63, 3.8) is 0 Å². The number of urea groups is 1. The van der Waals surface area contributed by atoms with Crippen LogP contribution in [-0.2, 0) is 40.8 Å². The minimum atomic E-state index is -3.90. The summed E-state index contributed by atoms with van der Waals surface area (Å²) in [6, 6.07) is 19.9. The monoisotopic (exact) mass is 2350 g/mol. The molecule has 1 unspecified atom stereocenters. The Kier molecular flexibility index (Phi) is 37.4. The van der Waals surface area contributed by atoms with E-state index in [4.69, 9.17) is 37.2 Å². The Hall–Kier alpha value is -10.7. The van der Waals surface area contributed by atoms with Crippen LogP contribution in [0.5, 0.6) is 0 Å². The molecule has 54 nitrogen and oxygen atoms in total. The van der Waals surface area contributed by atoms with Crippen LogP contribution in [0.1, 0.15) is 63.5 Å². The van der Waals surface area contributed by atoms with Crippen LogP contribution in [0.3, 0.4) is 0 Å². The van der Waals surface area contributed by atoms with Crippen molar-refractivity contribution < 1.29 is 123 Å². The molecule has 764 valence electrons. The molecule has 10 heterocycles. The number of amidine groups is 5. The Labute approximate surface area is 840 Å². The molecule has 5 fully saturated rings. The number of halogens is 9. The van der Waals surface area contributed by atoms with E-state index in [1.807, 2.05) is 41.2 Å². The van der Waals surface area contributed by atoms with Gasteiger partial charge in [0.05, 0.1) is 65.0 Å². The Balaban J connectivity index is 0.000000171. The molecule has 0 radical (unpaired) electrons. The average molecular weight is 2360 g/mol. The number of aliphatic imine (C=N–C) groups is 5. The number of aryl methyl sites for hydroxylation is 1. The lowest BCUT2D eigenvalue weighted by molar-refractivity contribution is -0.0652.